The first-order valence-electron chi connectivity index (χ1n) is 11.0. The molecule has 35 heavy (non-hydrogen) atoms. The van der Waals surface area contributed by atoms with Gasteiger partial charge in [-0.1, -0.05) is 36.4 Å². The van der Waals surface area contributed by atoms with E-state index in [4.69, 9.17) is 26.4 Å². The largest absolute Gasteiger partial charge is 0.497 e. The molecule has 178 valence electrons. The van der Waals surface area contributed by atoms with Gasteiger partial charge in [0.2, 0.25) is 0 Å². The maximum absolute atomic E-state index is 13.3. The van der Waals surface area contributed by atoms with E-state index in [1.165, 1.54) is 11.0 Å². The smallest absolute Gasteiger partial charge is 0.270 e. The van der Waals surface area contributed by atoms with Crippen LogP contribution in [0.4, 0.5) is 5.69 Å². The number of hydrogen-bond donors (Lipinski definition) is 1. The molecule has 3 aromatic rings. The molecule has 1 N–H and O–H groups in total. The second kappa shape index (κ2) is 10.8. The van der Waals surface area contributed by atoms with Crippen LogP contribution in [-0.4, -0.2) is 30.6 Å². The summed E-state index contributed by atoms with van der Waals surface area (Å²) in [6.07, 6.45) is 1.51. The fourth-order valence-corrected chi connectivity index (χ4v) is 3.81. The van der Waals surface area contributed by atoms with E-state index < -0.39 is 11.8 Å². The molecule has 8 heteroatoms. The Kier molecular flexibility index (Phi) is 7.42. The highest BCUT2D eigenvalue weighted by atomic mass is 32.1. The van der Waals surface area contributed by atoms with Gasteiger partial charge in [0.1, 0.15) is 17.9 Å². The van der Waals surface area contributed by atoms with Crippen LogP contribution in [0.1, 0.15) is 18.1 Å². The van der Waals surface area contributed by atoms with Crippen LogP contribution < -0.4 is 24.4 Å². The lowest BCUT2D eigenvalue weighted by Crippen LogP contribution is -2.54. The quantitative estimate of drug-likeness (QED) is 0.286. The zero-order chi connectivity index (χ0) is 24.8. The number of nitrogens with one attached hydrogen (secondary N) is 1. The number of carbonyl (C=O) groups is 2. The fraction of sp³-hybridized carbons (Fsp3) is 0.148. The normalized spacial score (nSPS) is 14.6. The number of hydrogen-bond acceptors (Lipinski definition) is 6. The summed E-state index contributed by atoms with van der Waals surface area (Å²) < 4.78 is 16.9. The molecule has 0 bridgehead atoms. The molecule has 0 atom stereocenters. The molecule has 1 aliphatic heterocycles. The van der Waals surface area contributed by atoms with Gasteiger partial charge in [-0.2, -0.15) is 0 Å². The number of ether oxygens (including phenoxy) is 3. The molecule has 1 heterocycles. The second-order valence-electron chi connectivity index (χ2n) is 7.57. The van der Waals surface area contributed by atoms with Crippen LogP contribution in [0.15, 0.2) is 78.4 Å². The van der Waals surface area contributed by atoms with Crippen LogP contribution >= 0.6 is 12.2 Å². The number of amides is 2. The van der Waals surface area contributed by atoms with Crippen molar-refractivity contribution in [3.63, 3.8) is 0 Å². The first-order valence-corrected chi connectivity index (χ1v) is 11.4. The van der Waals surface area contributed by atoms with Crippen molar-refractivity contribution in [2.24, 2.45) is 0 Å². The molecule has 0 aromatic heterocycles. The minimum absolute atomic E-state index is 0.0157. The summed E-state index contributed by atoms with van der Waals surface area (Å²) in [6.45, 7) is 2.69. The van der Waals surface area contributed by atoms with E-state index in [9.17, 15) is 9.59 Å². The summed E-state index contributed by atoms with van der Waals surface area (Å²) in [5.41, 5.74) is 2.11. The predicted octanol–water partition coefficient (Wildman–Crippen LogP) is 4.50. The Balaban J connectivity index is 1.60. The van der Waals surface area contributed by atoms with E-state index in [1.54, 1.807) is 49.6 Å². The van der Waals surface area contributed by atoms with Crippen molar-refractivity contribution >= 4 is 40.9 Å². The zero-order valence-electron chi connectivity index (χ0n) is 19.3. The van der Waals surface area contributed by atoms with Gasteiger partial charge in [-0.05, 0) is 72.7 Å². The number of nitrogens with zero attached hydrogens (tertiary/aromatic N) is 1. The van der Waals surface area contributed by atoms with E-state index in [1.807, 2.05) is 37.3 Å². The lowest BCUT2D eigenvalue weighted by Gasteiger charge is -2.29. The summed E-state index contributed by atoms with van der Waals surface area (Å²) in [6, 6.07) is 21.9. The predicted molar refractivity (Wildman–Crippen MR) is 138 cm³/mol. The molecule has 0 radical (unpaired) electrons. The SMILES string of the molecule is CCOc1cc(/C=C2/C(=O)NC(=S)N(c3ccc(OC)cc3)C2=O)ccc1OCc1ccccc1. The lowest BCUT2D eigenvalue weighted by atomic mass is 10.1. The molecule has 0 aliphatic carbocycles. The van der Waals surface area contributed by atoms with Crippen LogP contribution in [0.3, 0.4) is 0 Å². The summed E-state index contributed by atoms with van der Waals surface area (Å²) in [5, 5.41) is 2.60. The van der Waals surface area contributed by atoms with Crippen molar-refractivity contribution in [2.45, 2.75) is 13.5 Å². The Morgan fingerprint density at radius 3 is 2.37 bits per heavy atom. The fourth-order valence-electron chi connectivity index (χ4n) is 3.53. The van der Waals surface area contributed by atoms with E-state index in [0.717, 1.165) is 5.56 Å². The Morgan fingerprint density at radius 1 is 0.943 bits per heavy atom. The van der Waals surface area contributed by atoms with Crippen LogP contribution in [0.5, 0.6) is 17.2 Å². The van der Waals surface area contributed by atoms with Gasteiger partial charge >= 0.3 is 0 Å². The zero-order valence-corrected chi connectivity index (χ0v) is 20.1. The summed E-state index contributed by atoms with van der Waals surface area (Å²) in [7, 11) is 1.56. The molecule has 7 nitrogen and oxygen atoms in total. The highest BCUT2D eigenvalue weighted by Gasteiger charge is 2.34. The number of rotatable bonds is 8. The van der Waals surface area contributed by atoms with E-state index >= 15 is 0 Å². The lowest BCUT2D eigenvalue weighted by molar-refractivity contribution is -0.122. The molecular weight excluding hydrogens is 464 g/mol. The molecule has 4 rings (SSSR count). The topological polar surface area (TPSA) is 77.1 Å². The van der Waals surface area contributed by atoms with Crippen LogP contribution in [-0.2, 0) is 16.2 Å². The molecule has 2 amide bonds. The van der Waals surface area contributed by atoms with Gasteiger partial charge in [0.25, 0.3) is 11.8 Å². The van der Waals surface area contributed by atoms with Gasteiger partial charge in [-0.15, -0.1) is 0 Å². The first-order chi connectivity index (χ1) is 17.0. The summed E-state index contributed by atoms with van der Waals surface area (Å²) in [5.74, 6) is 0.641. The summed E-state index contributed by atoms with van der Waals surface area (Å²) in [4.78, 5) is 27.2. The highest BCUT2D eigenvalue weighted by molar-refractivity contribution is 7.80. The molecule has 1 fully saturated rings. The summed E-state index contributed by atoms with van der Waals surface area (Å²) >= 11 is 5.26. The van der Waals surface area contributed by atoms with Gasteiger partial charge in [-0.25, -0.2) is 0 Å². The molecule has 0 spiro atoms. The van der Waals surface area contributed by atoms with Crippen molar-refractivity contribution in [2.75, 3.05) is 18.6 Å². The van der Waals surface area contributed by atoms with Crippen LogP contribution in [0.25, 0.3) is 6.08 Å². The number of methoxy groups -OCH3 is 1. The van der Waals surface area contributed by atoms with Crippen molar-refractivity contribution in [1.82, 2.24) is 5.32 Å². The third-order valence-electron chi connectivity index (χ3n) is 5.25. The third kappa shape index (κ3) is 5.50. The number of benzene rings is 3. The van der Waals surface area contributed by atoms with Gasteiger partial charge < -0.3 is 14.2 Å². The number of thiocarbonyl (C=S) groups is 1. The average molecular weight is 489 g/mol. The molecule has 0 unspecified atom stereocenters. The number of carbonyl (C=O) groups excluding carboxylic acids is 2. The third-order valence-corrected chi connectivity index (χ3v) is 5.53. The Labute approximate surface area is 208 Å². The first kappa shape index (κ1) is 24.0. The maximum Gasteiger partial charge on any atom is 0.270 e. The van der Waals surface area contributed by atoms with Crippen molar-refractivity contribution < 1.29 is 23.8 Å². The molecule has 0 saturated carbocycles. The van der Waals surface area contributed by atoms with Crippen LogP contribution in [0, 0.1) is 0 Å². The highest BCUT2D eigenvalue weighted by Crippen LogP contribution is 2.31. The van der Waals surface area contributed by atoms with Crippen molar-refractivity contribution in [3.05, 3.63) is 89.5 Å². The van der Waals surface area contributed by atoms with Crippen LogP contribution in [0.2, 0.25) is 0 Å². The van der Waals surface area contributed by atoms with Crippen molar-refractivity contribution in [3.8, 4) is 17.2 Å². The maximum atomic E-state index is 13.3. The van der Waals surface area contributed by atoms with Gasteiger partial charge in [-0.3, -0.25) is 19.8 Å². The monoisotopic (exact) mass is 488 g/mol. The Bertz CT molecular complexity index is 1270. The minimum Gasteiger partial charge on any atom is -0.497 e. The van der Waals surface area contributed by atoms with Gasteiger partial charge in [0, 0.05) is 0 Å². The second-order valence-corrected chi connectivity index (χ2v) is 7.96. The van der Waals surface area contributed by atoms with E-state index in [2.05, 4.69) is 5.32 Å². The van der Waals surface area contributed by atoms with E-state index in [0.29, 0.717) is 41.7 Å². The van der Waals surface area contributed by atoms with E-state index in [-0.39, 0.29) is 10.7 Å². The molecule has 1 aliphatic rings. The number of anilines is 1. The Morgan fingerprint density at radius 2 is 1.69 bits per heavy atom. The van der Waals surface area contributed by atoms with Gasteiger partial charge in [0.05, 0.1) is 19.4 Å². The van der Waals surface area contributed by atoms with Gasteiger partial charge in [0.15, 0.2) is 16.6 Å². The molecule has 1 saturated heterocycles. The minimum atomic E-state index is -0.563. The molecular formula is C27H24N2O5S. The Hall–Kier alpha value is -4.17. The van der Waals surface area contributed by atoms with Crippen molar-refractivity contribution in [1.29, 1.82) is 0 Å². The average Bonchev–Trinajstić information content (AvgIpc) is 2.87. The molecule has 3 aromatic carbocycles. The standard InChI is InChI=1S/C27H24N2O5S/c1-3-33-24-16-19(9-14-23(24)34-17-18-7-5-4-6-8-18)15-22-25(30)28-27(35)29(26(22)31)20-10-12-21(32-2)13-11-20/h4-16H,3,17H2,1-2H3,(H,28,30,35)/b22-15-.